The third kappa shape index (κ3) is 4.21. The minimum Gasteiger partial charge on any atom is -0.325 e. The molecule has 0 saturated carbocycles. The zero-order valence-electron chi connectivity index (χ0n) is 12.6. The number of thioether (sulfide) groups is 1. The first-order valence-corrected chi connectivity index (χ1v) is 9.02. The van der Waals surface area contributed by atoms with Crippen LogP contribution in [0.3, 0.4) is 0 Å². The van der Waals surface area contributed by atoms with E-state index in [1.807, 2.05) is 73.0 Å². The number of carbonyl (C=O) groups excluding carboxylic acids is 1. The molecule has 1 N–H and O–H groups in total. The fraction of sp³-hybridized carbons (Fsp3) is 0.111. The summed E-state index contributed by atoms with van der Waals surface area (Å²) in [7, 11) is 0. The minimum atomic E-state index is -0.204. The summed E-state index contributed by atoms with van der Waals surface area (Å²) in [5, 5.41) is 4.74. The number of carbonyl (C=O) groups is 1. The molecule has 1 atom stereocenters. The number of nitrogens with zero attached hydrogens (tertiary/aromatic N) is 1. The lowest BCUT2D eigenvalue weighted by Crippen LogP contribution is -2.22. The van der Waals surface area contributed by atoms with Gasteiger partial charge in [0.05, 0.1) is 10.9 Å². The summed E-state index contributed by atoms with van der Waals surface area (Å²) in [4.78, 5) is 16.8. The molecule has 5 heteroatoms. The van der Waals surface area contributed by atoms with E-state index in [9.17, 15) is 4.79 Å². The molecular weight excluding hydrogens is 324 g/mol. The van der Waals surface area contributed by atoms with Gasteiger partial charge < -0.3 is 5.32 Å². The molecule has 23 heavy (non-hydrogen) atoms. The highest BCUT2D eigenvalue weighted by Crippen LogP contribution is 2.31. The molecule has 0 radical (unpaired) electrons. The van der Waals surface area contributed by atoms with Crippen LogP contribution in [0.1, 0.15) is 6.92 Å². The Morgan fingerprint density at radius 2 is 1.74 bits per heavy atom. The largest absolute Gasteiger partial charge is 0.325 e. The van der Waals surface area contributed by atoms with Gasteiger partial charge in [-0.1, -0.05) is 60.3 Å². The number of hydrogen-bond acceptors (Lipinski definition) is 4. The first-order chi connectivity index (χ1) is 11.2. The van der Waals surface area contributed by atoms with Crippen LogP contribution in [0.15, 0.2) is 70.4 Å². The molecule has 0 bridgehead atoms. The fourth-order valence-corrected chi connectivity index (χ4v) is 3.99. The monoisotopic (exact) mass is 340 g/mol. The normalized spacial score (nSPS) is 11.9. The summed E-state index contributed by atoms with van der Waals surface area (Å²) in [5.41, 5.74) is 2.86. The minimum absolute atomic E-state index is 0.0161. The second-order valence-electron chi connectivity index (χ2n) is 4.98. The molecule has 1 amide bonds. The van der Waals surface area contributed by atoms with Gasteiger partial charge in [0.2, 0.25) is 5.91 Å². The van der Waals surface area contributed by atoms with E-state index < -0.39 is 0 Å². The summed E-state index contributed by atoms with van der Waals surface area (Å²) < 4.78 is 0.902. The van der Waals surface area contributed by atoms with E-state index in [0.717, 1.165) is 21.3 Å². The molecule has 116 valence electrons. The van der Waals surface area contributed by atoms with Gasteiger partial charge in [-0.2, -0.15) is 0 Å². The molecular formula is C18H16N2OS2. The van der Waals surface area contributed by atoms with Gasteiger partial charge in [-0.05, 0) is 19.1 Å². The number of anilines is 1. The highest BCUT2D eigenvalue weighted by molar-refractivity contribution is 8.02. The van der Waals surface area contributed by atoms with Crippen LogP contribution in [-0.4, -0.2) is 16.1 Å². The average Bonchev–Trinajstić information content (AvgIpc) is 3.05. The van der Waals surface area contributed by atoms with E-state index in [0.29, 0.717) is 0 Å². The maximum Gasteiger partial charge on any atom is 0.237 e. The molecule has 0 aliphatic rings. The van der Waals surface area contributed by atoms with Gasteiger partial charge in [-0.25, -0.2) is 4.98 Å². The van der Waals surface area contributed by atoms with Crippen LogP contribution >= 0.6 is 23.1 Å². The number of thiazole rings is 1. The first kappa shape index (κ1) is 15.8. The highest BCUT2D eigenvalue weighted by Gasteiger charge is 2.16. The number of hydrogen-bond donors (Lipinski definition) is 1. The van der Waals surface area contributed by atoms with Gasteiger partial charge in [0.1, 0.15) is 0 Å². The molecule has 0 aliphatic heterocycles. The highest BCUT2D eigenvalue weighted by atomic mass is 32.2. The van der Waals surface area contributed by atoms with Gasteiger partial charge >= 0.3 is 0 Å². The van der Waals surface area contributed by atoms with Gasteiger partial charge in [-0.3, -0.25) is 4.79 Å². The predicted octanol–water partition coefficient (Wildman–Crippen LogP) is 4.93. The Labute approximate surface area is 143 Å². The van der Waals surface area contributed by atoms with Crippen LogP contribution in [0.2, 0.25) is 0 Å². The molecule has 1 aromatic heterocycles. The van der Waals surface area contributed by atoms with E-state index in [1.165, 1.54) is 11.8 Å². The molecule has 1 unspecified atom stereocenters. The third-order valence-corrected chi connectivity index (χ3v) is 5.31. The van der Waals surface area contributed by atoms with E-state index in [-0.39, 0.29) is 11.2 Å². The Morgan fingerprint density at radius 1 is 1.09 bits per heavy atom. The topological polar surface area (TPSA) is 42.0 Å². The lowest BCUT2D eigenvalue weighted by Gasteiger charge is -2.10. The van der Waals surface area contributed by atoms with Gasteiger partial charge in [0.15, 0.2) is 4.34 Å². The Kier molecular flexibility index (Phi) is 5.10. The molecule has 0 fully saturated rings. The number of aromatic nitrogens is 1. The number of benzene rings is 2. The zero-order valence-corrected chi connectivity index (χ0v) is 14.2. The molecule has 3 nitrogen and oxygen atoms in total. The van der Waals surface area contributed by atoms with Crippen molar-refractivity contribution in [2.24, 2.45) is 0 Å². The molecule has 3 rings (SSSR count). The zero-order chi connectivity index (χ0) is 16.1. The van der Waals surface area contributed by atoms with E-state index in [1.54, 1.807) is 11.3 Å². The molecule has 1 heterocycles. The van der Waals surface area contributed by atoms with Crippen LogP contribution < -0.4 is 5.32 Å². The standard InChI is InChI=1S/C18H16N2OS2/c1-13(17(21)19-15-10-6-3-7-11-15)23-18-20-16(12-22-18)14-8-4-2-5-9-14/h2-13H,1H3,(H,19,21). The van der Waals surface area contributed by atoms with Crippen LogP contribution in [0, 0.1) is 0 Å². The summed E-state index contributed by atoms with van der Waals surface area (Å²) in [5.74, 6) is -0.0161. The van der Waals surface area contributed by atoms with Crippen molar-refractivity contribution in [2.75, 3.05) is 5.32 Å². The van der Waals surface area contributed by atoms with E-state index in [2.05, 4.69) is 10.3 Å². The third-order valence-electron chi connectivity index (χ3n) is 3.24. The van der Waals surface area contributed by atoms with Crippen molar-refractivity contribution in [3.05, 3.63) is 66.0 Å². The van der Waals surface area contributed by atoms with Gasteiger partial charge in [0, 0.05) is 16.6 Å². The maximum absolute atomic E-state index is 12.2. The van der Waals surface area contributed by atoms with E-state index in [4.69, 9.17) is 0 Å². The fourth-order valence-electron chi connectivity index (χ4n) is 2.02. The summed E-state index contributed by atoms with van der Waals surface area (Å²) >= 11 is 3.05. The van der Waals surface area contributed by atoms with Crippen molar-refractivity contribution < 1.29 is 4.79 Å². The summed E-state index contributed by atoms with van der Waals surface area (Å²) in [6.45, 7) is 1.90. The Balaban J connectivity index is 1.63. The maximum atomic E-state index is 12.2. The predicted molar refractivity (Wildman–Crippen MR) is 97.9 cm³/mol. The first-order valence-electron chi connectivity index (χ1n) is 7.26. The average molecular weight is 340 g/mol. The lowest BCUT2D eigenvalue weighted by atomic mass is 10.2. The van der Waals surface area contributed by atoms with Crippen LogP contribution in [-0.2, 0) is 4.79 Å². The molecule has 2 aromatic carbocycles. The number of nitrogens with one attached hydrogen (secondary N) is 1. The smallest absolute Gasteiger partial charge is 0.237 e. The van der Waals surface area contributed by atoms with Crippen molar-refractivity contribution in [2.45, 2.75) is 16.5 Å². The van der Waals surface area contributed by atoms with Gasteiger partial charge in [-0.15, -0.1) is 11.3 Å². The SMILES string of the molecule is CC(Sc1nc(-c2ccccc2)cs1)C(=O)Nc1ccccc1. The van der Waals surface area contributed by atoms with Gasteiger partial charge in [0.25, 0.3) is 0 Å². The van der Waals surface area contributed by atoms with Crippen LogP contribution in [0.4, 0.5) is 5.69 Å². The quantitative estimate of drug-likeness (QED) is 0.670. The second-order valence-corrected chi connectivity index (χ2v) is 7.43. The van der Waals surface area contributed by atoms with Crippen molar-refractivity contribution in [3.8, 4) is 11.3 Å². The Morgan fingerprint density at radius 3 is 2.43 bits per heavy atom. The Hall–Kier alpha value is -2.11. The molecule has 0 saturated heterocycles. The summed E-state index contributed by atoms with van der Waals surface area (Å²) in [6, 6.07) is 19.5. The summed E-state index contributed by atoms with van der Waals surface area (Å²) in [6.07, 6.45) is 0. The molecule has 3 aromatic rings. The van der Waals surface area contributed by atoms with Crippen LogP contribution in [0.5, 0.6) is 0 Å². The number of amides is 1. The lowest BCUT2D eigenvalue weighted by molar-refractivity contribution is -0.115. The number of para-hydroxylation sites is 1. The number of rotatable bonds is 5. The molecule has 0 aliphatic carbocycles. The van der Waals surface area contributed by atoms with Crippen LogP contribution in [0.25, 0.3) is 11.3 Å². The van der Waals surface area contributed by atoms with E-state index >= 15 is 0 Å². The van der Waals surface area contributed by atoms with Crippen molar-refractivity contribution in [1.82, 2.24) is 4.98 Å². The second kappa shape index (κ2) is 7.44. The van der Waals surface area contributed by atoms with Crippen molar-refractivity contribution >= 4 is 34.7 Å². The van der Waals surface area contributed by atoms with Crippen molar-refractivity contribution in [3.63, 3.8) is 0 Å². The molecule has 0 spiro atoms. The van der Waals surface area contributed by atoms with Crippen molar-refractivity contribution in [1.29, 1.82) is 0 Å². The Bertz CT molecular complexity index is 772.